The maximum absolute atomic E-state index is 11.9. The molecule has 0 saturated heterocycles. The van der Waals surface area contributed by atoms with Crippen LogP contribution in [0.2, 0.25) is 5.02 Å². The normalized spacial score (nSPS) is 13.8. The van der Waals surface area contributed by atoms with Crippen LogP contribution < -0.4 is 0 Å². The third-order valence-corrected chi connectivity index (χ3v) is 3.75. The number of carbonyl (C=O) groups excluding carboxylic acids is 1. The van der Waals surface area contributed by atoms with Gasteiger partial charge in [0.15, 0.2) is 5.78 Å². The Morgan fingerprint density at radius 2 is 2.12 bits per heavy atom. The van der Waals surface area contributed by atoms with Gasteiger partial charge in [0.1, 0.15) is 0 Å². The number of halogens is 1. The Balaban J connectivity index is 2.56. The number of Topliss-reactive ketones (excluding diaryl/α,β-unsaturated/α-hetero) is 1. The quantitative estimate of drug-likeness (QED) is 0.691. The van der Waals surface area contributed by atoms with Gasteiger partial charge in [-0.25, -0.2) is 0 Å². The molecule has 1 unspecified atom stereocenters. The highest BCUT2D eigenvalue weighted by atomic mass is 35.5. The van der Waals surface area contributed by atoms with Crippen LogP contribution in [0.1, 0.15) is 50.2 Å². The first kappa shape index (κ1) is 13.7. The van der Waals surface area contributed by atoms with Crippen molar-refractivity contribution >= 4 is 28.7 Å². The summed E-state index contributed by atoms with van der Waals surface area (Å²) in [4.78, 5) is 12.7. The summed E-state index contributed by atoms with van der Waals surface area (Å²) in [7, 11) is 0. The second kappa shape index (κ2) is 5.33. The molecule has 90 valence electrons. The summed E-state index contributed by atoms with van der Waals surface area (Å²) in [6, 6.07) is 1.79. The van der Waals surface area contributed by atoms with Crippen molar-refractivity contribution < 1.29 is 4.79 Å². The maximum atomic E-state index is 11.9. The molecular weight excluding hydrogens is 240 g/mol. The van der Waals surface area contributed by atoms with Crippen LogP contribution in [-0.2, 0) is 0 Å². The Bertz CT molecular complexity index is 362. The number of ketones is 1. The molecule has 1 rings (SSSR count). The lowest BCUT2D eigenvalue weighted by Crippen LogP contribution is -2.14. The van der Waals surface area contributed by atoms with E-state index in [1.165, 1.54) is 11.3 Å². The monoisotopic (exact) mass is 258 g/mol. The third-order valence-electron chi connectivity index (χ3n) is 2.37. The highest BCUT2D eigenvalue weighted by Crippen LogP contribution is 2.29. The zero-order valence-corrected chi connectivity index (χ0v) is 11.9. The SMILES string of the molecule is CC(CC(=O)c1sccc1Cl)CC(C)(C)C. The number of hydrogen-bond acceptors (Lipinski definition) is 2. The average Bonchev–Trinajstić information content (AvgIpc) is 2.47. The molecule has 0 aliphatic carbocycles. The fourth-order valence-corrected chi connectivity index (χ4v) is 3.13. The van der Waals surface area contributed by atoms with Gasteiger partial charge in [0.05, 0.1) is 9.90 Å². The summed E-state index contributed by atoms with van der Waals surface area (Å²) >= 11 is 7.38. The van der Waals surface area contributed by atoms with E-state index in [0.29, 0.717) is 22.2 Å². The van der Waals surface area contributed by atoms with Gasteiger partial charge in [-0.15, -0.1) is 11.3 Å². The van der Waals surface area contributed by atoms with Crippen molar-refractivity contribution in [2.24, 2.45) is 11.3 Å². The summed E-state index contributed by atoms with van der Waals surface area (Å²) in [6.45, 7) is 8.73. The van der Waals surface area contributed by atoms with Crippen LogP contribution >= 0.6 is 22.9 Å². The fourth-order valence-electron chi connectivity index (χ4n) is 2.02. The molecule has 0 N–H and O–H groups in total. The van der Waals surface area contributed by atoms with Gasteiger partial charge in [-0.05, 0) is 29.2 Å². The molecule has 0 bridgehead atoms. The Labute approximate surface area is 107 Å². The molecule has 1 aromatic rings. The lowest BCUT2D eigenvalue weighted by Gasteiger charge is -2.22. The Hall–Kier alpha value is -0.340. The number of carbonyl (C=O) groups is 1. The molecule has 3 heteroatoms. The summed E-state index contributed by atoms with van der Waals surface area (Å²) in [5, 5.41) is 2.46. The van der Waals surface area contributed by atoms with E-state index in [2.05, 4.69) is 27.7 Å². The first-order valence-electron chi connectivity index (χ1n) is 5.56. The van der Waals surface area contributed by atoms with Gasteiger partial charge >= 0.3 is 0 Å². The van der Waals surface area contributed by atoms with E-state index in [1.54, 1.807) is 6.07 Å². The van der Waals surface area contributed by atoms with Gasteiger partial charge in [-0.1, -0.05) is 39.3 Å². The summed E-state index contributed by atoms with van der Waals surface area (Å²) in [5.41, 5.74) is 0.277. The zero-order valence-electron chi connectivity index (χ0n) is 10.3. The highest BCUT2D eigenvalue weighted by Gasteiger charge is 2.20. The van der Waals surface area contributed by atoms with E-state index in [0.717, 1.165) is 6.42 Å². The Morgan fingerprint density at radius 1 is 1.50 bits per heavy atom. The van der Waals surface area contributed by atoms with Crippen LogP contribution in [0, 0.1) is 11.3 Å². The smallest absolute Gasteiger partial charge is 0.174 e. The molecule has 16 heavy (non-hydrogen) atoms. The second-order valence-corrected chi connectivity index (χ2v) is 6.92. The van der Waals surface area contributed by atoms with Crippen molar-refractivity contribution in [3.8, 4) is 0 Å². The maximum Gasteiger partial charge on any atom is 0.174 e. The average molecular weight is 259 g/mol. The van der Waals surface area contributed by atoms with Crippen molar-refractivity contribution in [3.63, 3.8) is 0 Å². The second-order valence-electron chi connectivity index (χ2n) is 5.59. The van der Waals surface area contributed by atoms with E-state index in [-0.39, 0.29) is 11.2 Å². The Kier molecular flexibility index (Phi) is 4.57. The molecule has 0 aliphatic rings. The first-order chi connectivity index (χ1) is 7.29. The van der Waals surface area contributed by atoms with Gasteiger partial charge in [-0.3, -0.25) is 4.79 Å². The van der Waals surface area contributed by atoms with Crippen LogP contribution in [0.25, 0.3) is 0 Å². The minimum atomic E-state index is 0.178. The van der Waals surface area contributed by atoms with Crippen molar-refractivity contribution in [1.82, 2.24) is 0 Å². The first-order valence-corrected chi connectivity index (χ1v) is 6.81. The summed E-state index contributed by atoms with van der Waals surface area (Å²) < 4.78 is 0. The van der Waals surface area contributed by atoms with E-state index in [1.807, 2.05) is 5.38 Å². The minimum Gasteiger partial charge on any atom is -0.293 e. The molecular formula is C13H19ClOS. The molecule has 0 radical (unpaired) electrons. The van der Waals surface area contributed by atoms with Gasteiger partial charge in [0.2, 0.25) is 0 Å². The van der Waals surface area contributed by atoms with Crippen LogP contribution in [0.3, 0.4) is 0 Å². The van der Waals surface area contributed by atoms with Gasteiger partial charge in [0.25, 0.3) is 0 Å². The number of thiophene rings is 1. The van der Waals surface area contributed by atoms with Crippen molar-refractivity contribution in [1.29, 1.82) is 0 Å². The van der Waals surface area contributed by atoms with Crippen molar-refractivity contribution in [3.05, 3.63) is 21.3 Å². The van der Waals surface area contributed by atoms with E-state index in [4.69, 9.17) is 11.6 Å². The van der Waals surface area contributed by atoms with Crippen molar-refractivity contribution in [2.45, 2.75) is 40.5 Å². The minimum absolute atomic E-state index is 0.178. The number of rotatable bonds is 4. The molecule has 0 fully saturated rings. The molecule has 1 nitrogen and oxygen atoms in total. The van der Waals surface area contributed by atoms with E-state index in [9.17, 15) is 4.79 Å². The van der Waals surface area contributed by atoms with Gasteiger partial charge in [0, 0.05) is 6.42 Å². The Morgan fingerprint density at radius 3 is 2.56 bits per heavy atom. The molecule has 1 heterocycles. The van der Waals surface area contributed by atoms with Gasteiger partial charge in [-0.2, -0.15) is 0 Å². The van der Waals surface area contributed by atoms with Crippen molar-refractivity contribution in [2.75, 3.05) is 0 Å². The lowest BCUT2D eigenvalue weighted by atomic mass is 9.83. The van der Waals surface area contributed by atoms with Crippen LogP contribution in [0.5, 0.6) is 0 Å². The standard InChI is InChI=1S/C13H19ClOS/c1-9(8-13(2,3)4)7-11(15)12-10(14)5-6-16-12/h5-6,9H,7-8H2,1-4H3. The molecule has 0 spiro atoms. The summed E-state index contributed by atoms with van der Waals surface area (Å²) in [5.74, 6) is 0.586. The van der Waals surface area contributed by atoms with Crippen LogP contribution in [0.15, 0.2) is 11.4 Å². The molecule has 1 aromatic heterocycles. The molecule has 0 aliphatic heterocycles. The van der Waals surface area contributed by atoms with Gasteiger partial charge < -0.3 is 0 Å². The molecule has 0 saturated carbocycles. The topological polar surface area (TPSA) is 17.1 Å². The molecule has 1 atom stereocenters. The lowest BCUT2D eigenvalue weighted by molar-refractivity contribution is 0.0958. The molecule has 0 aromatic carbocycles. The highest BCUT2D eigenvalue weighted by molar-refractivity contribution is 7.12. The largest absolute Gasteiger partial charge is 0.293 e. The zero-order chi connectivity index (χ0) is 12.3. The third kappa shape index (κ3) is 4.26. The van der Waals surface area contributed by atoms with E-state index < -0.39 is 0 Å². The van der Waals surface area contributed by atoms with Crippen LogP contribution in [-0.4, -0.2) is 5.78 Å². The number of hydrogen-bond donors (Lipinski definition) is 0. The fraction of sp³-hybridized carbons (Fsp3) is 0.615. The summed E-state index contributed by atoms with van der Waals surface area (Å²) in [6.07, 6.45) is 1.65. The predicted octanol–water partition coefficient (Wildman–Crippen LogP) is 5.05. The molecule has 0 amide bonds. The van der Waals surface area contributed by atoms with E-state index >= 15 is 0 Å². The van der Waals surface area contributed by atoms with Crippen LogP contribution in [0.4, 0.5) is 0 Å². The predicted molar refractivity (Wildman–Crippen MR) is 71.5 cm³/mol.